The molecular weight excluding hydrogens is 334 g/mol. The molecule has 0 bridgehead atoms. The number of nitrogens with zero attached hydrogens (tertiary/aromatic N) is 5. The van der Waals surface area contributed by atoms with Crippen molar-refractivity contribution in [2.24, 2.45) is 0 Å². The summed E-state index contributed by atoms with van der Waals surface area (Å²) >= 11 is 0. The van der Waals surface area contributed by atoms with Crippen LogP contribution >= 0.6 is 0 Å². The van der Waals surface area contributed by atoms with Gasteiger partial charge in [-0.3, -0.25) is 9.36 Å². The molecule has 0 saturated heterocycles. The van der Waals surface area contributed by atoms with Gasteiger partial charge in [0.15, 0.2) is 17.3 Å². The molecule has 0 radical (unpaired) electrons. The minimum Gasteiger partial charge on any atom is -0.328 e. The molecule has 3 heterocycles. The van der Waals surface area contributed by atoms with E-state index in [-0.39, 0.29) is 25.5 Å². The number of pyridine rings is 1. The van der Waals surface area contributed by atoms with Gasteiger partial charge in [-0.2, -0.15) is 5.10 Å². The lowest BCUT2D eigenvalue weighted by Crippen LogP contribution is -2.41. The fourth-order valence-corrected chi connectivity index (χ4v) is 2.44. The van der Waals surface area contributed by atoms with Crippen molar-refractivity contribution < 1.29 is 22.4 Å². The quantitative estimate of drug-likeness (QED) is 0.766. The van der Waals surface area contributed by atoms with Crippen LogP contribution in [0, 0.1) is 11.6 Å². The van der Waals surface area contributed by atoms with Crippen LogP contribution in [0.1, 0.15) is 16.3 Å². The lowest BCUT2D eigenvalue weighted by Gasteiger charge is -2.26. The maximum atomic E-state index is 13.7. The van der Waals surface area contributed by atoms with Crippen molar-refractivity contribution in [1.29, 1.82) is 0 Å². The molecule has 2 aromatic heterocycles. The second-order valence-electron chi connectivity index (χ2n) is 5.13. The van der Waals surface area contributed by atoms with Crippen LogP contribution in [0.4, 0.5) is 17.6 Å². The smallest absolute Gasteiger partial charge is 0.328 e. The number of rotatable bonds is 3. The predicted octanol–water partition coefficient (Wildman–Crippen LogP) is 0.639. The molecule has 24 heavy (non-hydrogen) atoms. The number of halogens is 4. The first-order valence-corrected chi connectivity index (χ1v) is 6.92. The molecule has 0 fully saturated rings. The lowest BCUT2D eigenvalue weighted by molar-refractivity contribution is 0.0694. The number of carbonyl (C=O) groups excluding carboxylic acids is 1. The Hall–Kier alpha value is -2.72. The number of hydrogen-bond donors (Lipinski definition) is 0. The summed E-state index contributed by atoms with van der Waals surface area (Å²) in [4.78, 5) is 28.8. The SMILES string of the molecule is O=C(c1ncc(F)cc1F)N1CCn2c(nn(CC(F)F)c2=O)C1. The monoisotopic (exact) mass is 345 g/mol. The molecule has 1 aliphatic rings. The van der Waals surface area contributed by atoms with E-state index in [0.717, 1.165) is 4.90 Å². The fourth-order valence-electron chi connectivity index (χ4n) is 2.44. The molecule has 0 spiro atoms. The van der Waals surface area contributed by atoms with Gasteiger partial charge >= 0.3 is 5.69 Å². The van der Waals surface area contributed by atoms with E-state index < -0.39 is 41.9 Å². The van der Waals surface area contributed by atoms with Gasteiger partial charge in [-0.15, -0.1) is 0 Å². The predicted molar refractivity (Wildman–Crippen MR) is 71.4 cm³/mol. The standard InChI is InChI=1S/C13H11F4N5O2/c14-7-3-8(15)11(18-4-7)12(23)20-1-2-21-10(6-20)19-22(13(21)24)5-9(16)17/h3-4,9H,1-2,5-6H2. The largest absolute Gasteiger partial charge is 0.346 e. The Balaban J connectivity index is 1.84. The number of carbonyl (C=O) groups is 1. The third-order valence-corrected chi connectivity index (χ3v) is 3.53. The molecule has 2 aromatic rings. The van der Waals surface area contributed by atoms with Crippen LogP contribution in [-0.2, 0) is 19.6 Å². The molecule has 0 unspecified atom stereocenters. The van der Waals surface area contributed by atoms with Crippen molar-refractivity contribution in [3.8, 4) is 0 Å². The molecule has 1 aliphatic heterocycles. The first kappa shape index (κ1) is 16.1. The zero-order chi connectivity index (χ0) is 17.4. The van der Waals surface area contributed by atoms with Crippen LogP contribution in [-0.4, -0.2) is 43.1 Å². The van der Waals surface area contributed by atoms with Crippen molar-refractivity contribution in [2.45, 2.75) is 26.1 Å². The highest BCUT2D eigenvalue weighted by Gasteiger charge is 2.28. The molecule has 0 atom stereocenters. The molecule has 0 aliphatic carbocycles. The van der Waals surface area contributed by atoms with Gasteiger partial charge in [-0.25, -0.2) is 32.0 Å². The fraction of sp³-hybridized carbons (Fsp3) is 0.385. The number of aromatic nitrogens is 4. The second kappa shape index (κ2) is 6.06. The molecule has 3 rings (SSSR count). The van der Waals surface area contributed by atoms with Crippen LogP contribution in [0.25, 0.3) is 0 Å². The molecule has 0 saturated carbocycles. The van der Waals surface area contributed by atoms with Gasteiger partial charge < -0.3 is 4.90 Å². The Labute approximate surface area is 132 Å². The van der Waals surface area contributed by atoms with E-state index in [1.807, 2.05) is 0 Å². The number of fused-ring (bicyclic) bond motifs is 1. The van der Waals surface area contributed by atoms with Gasteiger partial charge in [0, 0.05) is 19.2 Å². The Kier molecular flexibility index (Phi) is 4.08. The molecule has 0 N–H and O–H groups in total. The van der Waals surface area contributed by atoms with Crippen molar-refractivity contribution in [3.63, 3.8) is 0 Å². The minimum atomic E-state index is -2.74. The molecular formula is C13H11F4N5O2. The molecule has 128 valence electrons. The van der Waals surface area contributed by atoms with E-state index in [0.29, 0.717) is 16.9 Å². The average molecular weight is 345 g/mol. The third kappa shape index (κ3) is 2.88. The van der Waals surface area contributed by atoms with E-state index >= 15 is 0 Å². The summed E-state index contributed by atoms with van der Waals surface area (Å²) < 4.78 is 53.2. The summed E-state index contributed by atoms with van der Waals surface area (Å²) in [5.74, 6) is -2.70. The van der Waals surface area contributed by atoms with Crippen molar-refractivity contribution in [1.82, 2.24) is 24.2 Å². The first-order valence-electron chi connectivity index (χ1n) is 6.92. The van der Waals surface area contributed by atoms with Crippen LogP contribution < -0.4 is 5.69 Å². The summed E-state index contributed by atoms with van der Waals surface area (Å²) in [5, 5.41) is 3.77. The minimum absolute atomic E-state index is 0.0337. The maximum Gasteiger partial charge on any atom is 0.346 e. The summed E-state index contributed by atoms with van der Waals surface area (Å²) in [6, 6.07) is 0.539. The normalized spacial score (nSPS) is 14.1. The molecule has 0 aromatic carbocycles. The van der Waals surface area contributed by atoms with E-state index in [4.69, 9.17) is 0 Å². The summed E-state index contributed by atoms with van der Waals surface area (Å²) in [6.07, 6.45) is -2.03. The maximum absolute atomic E-state index is 13.7. The second-order valence-corrected chi connectivity index (χ2v) is 5.13. The molecule has 7 nitrogen and oxygen atoms in total. The lowest BCUT2D eigenvalue weighted by atomic mass is 10.2. The van der Waals surface area contributed by atoms with Crippen LogP contribution in [0.3, 0.4) is 0 Å². The van der Waals surface area contributed by atoms with Crippen LogP contribution in [0.5, 0.6) is 0 Å². The summed E-state index contributed by atoms with van der Waals surface area (Å²) in [6.45, 7) is -0.930. The van der Waals surface area contributed by atoms with Crippen molar-refractivity contribution in [2.75, 3.05) is 6.54 Å². The van der Waals surface area contributed by atoms with Crippen molar-refractivity contribution >= 4 is 5.91 Å². The van der Waals surface area contributed by atoms with Crippen LogP contribution in [0.15, 0.2) is 17.1 Å². The molecule has 11 heteroatoms. The Bertz CT molecular complexity index is 847. The first-order chi connectivity index (χ1) is 11.4. The Morgan fingerprint density at radius 1 is 1.29 bits per heavy atom. The summed E-state index contributed by atoms with van der Waals surface area (Å²) in [5.41, 5.74) is -1.25. The van der Waals surface area contributed by atoms with E-state index in [2.05, 4.69) is 10.1 Å². The van der Waals surface area contributed by atoms with E-state index in [9.17, 15) is 27.2 Å². The van der Waals surface area contributed by atoms with Crippen molar-refractivity contribution in [3.05, 3.63) is 45.9 Å². The zero-order valence-corrected chi connectivity index (χ0v) is 12.1. The zero-order valence-electron chi connectivity index (χ0n) is 12.1. The number of alkyl halides is 2. The number of amides is 1. The van der Waals surface area contributed by atoms with Crippen LogP contribution in [0.2, 0.25) is 0 Å². The highest BCUT2D eigenvalue weighted by Crippen LogP contribution is 2.14. The highest BCUT2D eigenvalue weighted by molar-refractivity contribution is 5.92. The number of hydrogen-bond acceptors (Lipinski definition) is 4. The van der Waals surface area contributed by atoms with Gasteiger partial charge in [0.25, 0.3) is 12.3 Å². The van der Waals surface area contributed by atoms with Gasteiger partial charge in [0.05, 0.1) is 12.7 Å². The highest BCUT2D eigenvalue weighted by atomic mass is 19.3. The topological polar surface area (TPSA) is 73.0 Å². The van der Waals surface area contributed by atoms with Gasteiger partial charge in [0.2, 0.25) is 0 Å². The Morgan fingerprint density at radius 2 is 2.04 bits per heavy atom. The average Bonchev–Trinajstić information content (AvgIpc) is 2.81. The Morgan fingerprint density at radius 3 is 2.71 bits per heavy atom. The van der Waals surface area contributed by atoms with Gasteiger partial charge in [-0.1, -0.05) is 0 Å². The van der Waals surface area contributed by atoms with E-state index in [1.54, 1.807) is 0 Å². The van der Waals surface area contributed by atoms with Gasteiger partial charge in [-0.05, 0) is 0 Å². The molecule has 1 amide bonds. The third-order valence-electron chi connectivity index (χ3n) is 3.53. The van der Waals surface area contributed by atoms with E-state index in [1.165, 1.54) is 4.57 Å². The summed E-state index contributed by atoms with van der Waals surface area (Å²) in [7, 11) is 0. The van der Waals surface area contributed by atoms with Gasteiger partial charge in [0.1, 0.15) is 12.4 Å².